The van der Waals surface area contributed by atoms with Crippen LogP contribution < -0.4 is 5.73 Å². The largest absolute Gasteiger partial charge is 0.396 e. The smallest absolute Gasteiger partial charge is 0.184 e. The van der Waals surface area contributed by atoms with Crippen LogP contribution in [0.15, 0.2) is 52.1 Å². The maximum absolute atomic E-state index is 12.2. The minimum atomic E-state index is -3.46. The highest BCUT2D eigenvalue weighted by Gasteiger charge is 2.19. The number of nitrogens with zero attached hydrogens (tertiary/aromatic N) is 1. The van der Waals surface area contributed by atoms with Gasteiger partial charge in [-0.05, 0) is 17.7 Å². The van der Waals surface area contributed by atoms with Gasteiger partial charge in [0, 0.05) is 10.7 Å². The van der Waals surface area contributed by atoms with Crippen molar-refractivity contribution >= 4 is 31.5 Å². The molecule has 6 heteroatoms. The Morgan fingerprint density at radius 1 is 1.22 bits per heavy atom. The van der Waals surface area contributed by atoms with Gasteiger partial charge in [0.25, 0.3) is 0 Å². The lowest BCUT2D eigenvalue weighted by Crippen LogP contribution is -2.08. The van der Waals surface area contributed by atoms with Crippen molar-refractivity contribution in [3.05, 3.63) is 52.8 Å². The van der Waals surface area contributed by atoms with Crippen molar-refractivity contribution in [3.63, 3.8) is 0 Å². The highest BCUT2D eigenvalue weighted by Crippen LogP contribution is 2.24. The lowest BCUT2D eigenvalue weighted by atomic mass is 10.2. The number of nitrogen functional groups attached to an aromatic ring is 1. The van der Waals surface area contributed by atoms with Gasteiger partial charge in [-0.3, -0.25) is 4.98 Å². The van der Waals surface area contributed by atoms with Crippen molar-refractivity contribution in [2.75, 3.05) is 5.73 Å². The summed E-state index contributed by atoms with van der Waals surface area (Å²) in [7, 11) is -3.46. The third kappa shape index (κ3) is 2.70. The molecule has 94 valence electrons. The zero-order valence-corrected chi connectivity index (χ0v) is 11.8. The van der Waals surface area contributed by atoms with Crippen LogP contribution in [0.25, 0.3) is 0 Å². The zero-order valence-electron chi connectivity index (χ0n) is 9.38. The maximum Gasteiger partial charge on any atom is 0.184 e. The van der Waals surface area contributed by atoms with Crippen LogP contribution in [0.1, 0.15) is 5.56 Å². The molecule has 18 heavy (non-hydrogen) atoms. The molecule has 0 unspecified atom stereocenters. The molecule has 0 bridgehead atoms. The number of hydrogen-bond donors (Lipinski definition) is 1. The summed E-state index contributed by atoms with van der Waals surface area (Å²) in [6.45, 7) is 0. The van der Waals surface area contributed by atoms with Crippen LogP contribution >= 0.6 is 15.9 Å². The van der Waals surface area contributed by atoms with Gasteiger partial charge in [-0.25, -0.2) is 8.42 Å². The Kier molecular flexibility index (Phi) is 3.68. The molecule has 1 heterocycles. The molecule has 0 atom stereocenters. The summed E-state index contributed by atoms with van der Waals surface area (Å²) in [5, 5.41) is 0. The second kappa shape index (κ2) is 5.07. The predicted octanol–water partition coefficient (Wildman–Crippen LogP) is 2.40. The van der Waals surface area contributed by atoms with Gasteiger partial charge in [0.05, 0.1) is 22.5 Å². The first-order valence-corrected chi connectivity index (χ1v) is 7.61. The molecule has 0 fully saturated rings. The van der Waals surface area contributed by atoms with Gasteiger partial charge < -0.3 is 5.73 Å². The molecule has 1 aromatic carbocycles. The Balaban J connectivity index is 2.40. The predicted molar refractivity (Wildman–Crippen MR) is 73.7 cm³/mol. The van der Waals surface area contributed by atoms with Gasteiger partial charge in [0.2, 0.25) is 0 Å². The van der Waals surface area contributed by atoms with Crippen molar-refractivity contribution in [2.24, 2.45) is 0 Å². The van der Waals surface area contributed by atoms with E-state index >= 15 is 0 Å². The van der Waals surface area contributed by atoms with E-state index in [-0.39, 0.29) is 16.3 Å². The molecule has 0 saturated carbocycles. The molecule has 2 aromatic rings. The second-order valence-corrected chi connectivity index (χ2v) is 6.58. The molecule has 0 spiro atoms. The molecule has 2 rings (SSSR count). The van der Waals surface area contributed by atoms with Crippen LogP contribution in [-0.2, 0) is 15.6 Å². The van der Waals surface area contributed by atoms with Crippen molar-refractivity contribution < 1.29 is 8.42 Å². The molecule has 4 nitrogen and oxygen atoms in total. The number of hydrogen-bond acceptors (Lipinski definition) is 4. The van der Waals surface area contributed by atoms with E-state index in [0.717, 1.165) is 4.47 Å². The monoisotopic (exact) mass is 326 g/mol. The van der Waals surface area contributed by atoms with Crippen molar-refractivity contribution in [2.45, 2.75) is 10.6 Å². The fraction of sp³-hybridized carbons (Fsp3) is 0.0833. The molecule has 0 amide bonds. The van der Waals surface area contributed by atoms with Crippen LogP contribution in [0.2, 0.25) is 0 Å². The van der Waals surface area contributed by atoms with Crippen LogP contribution in [-0.4, -0.2) is 13.4 Å². The van der Waals surface area contributed by atoms with Crippen molar-refractivity contribution in [1.82, 2.24) is 4.98 Å². The third-order valence-electron chi connectivity index (χ3n) is 2.45. The number of aromatic nitrogens is 1. The molecule has 0 saturated heterocycles. The highest BCUT2D eigenvalue weighted by atomic mass is 79.9. The number of rotatable bonds is 3. The van der Waals surface area contributed by atoms with Gasteiger partial charge in [-0.2, -0.15) is 0 Å². The number of anilines is 1. The lowest BCUT2D eigenvalue weighted by molar-refractivity contribution is 0.595. The Morgan fingerprint density at radius 2 is 1.94 bits per heavy atom. The molecule has 0 aliphatic rings. The summed E-state index contributed by atoms with van der Waals surface area (Å²) in [5.74, 6) is -0.0946. The minimum Gasteiger partial charge on any atom is -0.396 e. The Morgan fingerprint density at radius 3 is 2.61 bits per heavy atom. The van der Waals surface area contributed by atoms with E-state index in [2.05, 4.69) is 20.9 Å². The molecular formula is C12H11BrN2O2S. The summed E-state index contributed by atoms with van der Waals surface area (Å²) in [5.41, 5.74) is 6.52. The maximum atomic E-state index is 12.2. The van der Waals surface area contributed by atoms with Crippen molar-refractivity contribution in [3.8, 4) is 0 Å². The van der Waals surface area contributed by atoms with Gasteiger partial charge >= 0.3 is 0 Å². The Bertz CT molecular complexity index is 671. The second-order valence-electron chi connectivity index (χ2n) is 3.76. The minimum absolute atomic E-state index is 0.0946. The molecule has 2 N–H and O–H groups in total. The van der Waals surface area contributed by atoms with E-state index in [1.54, 1.807) is 18.2 Å². The quantitative estimate of drug-likeness (QED) is 0.939. The third-order valence-corrected chi connectivity index (χ3v) is 4.96. The topological polar surface area (TPSA) is 73.0 Å². The number of halogens is 1. The summed E-state index contributed by atoms with van der Waals surface area (Å²) in [6, 6.07) is 8.62. The van der Waals surface area contributed by atoms with Crippen molar-refractivity contribution in [1.29, 1.82) is 0 Å². The van der Waals surface area contributed by atoms with E-state index < -0.39 is 9.84 Å². The average molecular weight is 327 g/mol. The first kappa shape index (κ1) is 13.0. The first-order chi connectivity index (χ1) is 8.50. The zero-order chi connectivity index (χ0) is 13.2. The van der Waals surface area contributed by atoms with E-state index in [9.17, 15) is 8.42 Å². The number of sulfone groups is 1. The van der Waals surface area contributed by atoms with E-state index in [0.29, 0.717) is 5.56 Å². The van der Waals surface area contributed by atoms with E-state index in [4.69, 9.17) is 5.73 Å². The normalized spacial score (nSPS) is 11.4. The Hall–Kier alpha value is -1.40. The lowest BCUT2D eigenvalue weighted by Gasteiger charge is -2.08. The van der Waals surface area contributed by atoms with Gasteiger partial charge in [-0.1, -0.05) is 34.1 Å². The van der Waals surface area contributed by atoms with Gasteiger partial charge in [-0.15, -0.1) is 0 Å². The molecule has 0 radical (unpaired) electrons. The van der Waals surface area contributed by atoms with E-state index in [1.807, 2.05) is 6.07 Å². The average Bonchev–Trinajstić information content (AvgIpc) is 2.32. The number of benzene rings is 1. The highest BCUT2D eigenvalue weighted by molar-refractivity contribution is 9.10. The summed E-state index contributed by atoms with van der Waals surface area (Å²) in [4.78, 5) is 3.90. The first-order valence-electron chi connectivity index (χ1n) is 5.16. The number of pyridine rings is 1. The van der Waals surface area contributed by atoms with Crippen LogP contribution in [0.4, 0.5) is 5.69 Å². The standard InChI is InChI=1S/C12H11BrN2O2S/c13-10-4-2-1-3-9(10)8-18(16,17)12-5-6-15-7-11(12)14/h1-7H,8,14H2. The molecule has 0 aliphatic heterocycles. The molecular weight excluding hydrogens is 316 g/mol. The van der Waals surface area contributed by atoms with Gasteiger partial charge in [0.1, 0.15) is 0 Å². The summed E-state index contributed by atoms with van der Waals surface area (Å²) >= 11 is 3.33. The molecule has 0 aliphatic carbocycles. The van der Waals surface area contributed by atoms with Gasteiger partial charge in [0.15, 0.2) is 9.84 Å². The molecule has 1 aromatic heterocycles. The SMILES string of the molecule is Nc1cnccc1S(=O)(=O)Cc1ccccc1Br. The Labute approximate surface area is 114 Å². The fourth-order valence-corrected chi connectivity index (χ4v) is 3.68. The van der Waals surface area contributed by atoms with Crippen LogP contribution in [0.5, 0.6) is 0 Å². The van der Waals surface area contributed by atoms with Crippen LogP contribution in [0, 0.1) is 0 Å². The fourth-order valence-electron chi connectivity index (χ4n) is 1.58. The summed E-state index contributed by atoms with van der Waals surface area (Å²) in [6.07, 6.45) is 2.76. The summed E-state index contributed by atoms with van der Waals surface area (Å²) < 4.78 is 25.3. The van der Waals surface area contributed by atoms with E-state index in [1.165, 1.54) is 18.5 Å². The van der Waals surface area contributed by atoms with Crippen LogP contribution in [0.3, 0.4) is 0 Å². The number of nitrogens with two attached hydrogens (primary N) is 1.